The fourth-order valence-corrected chi connectivity index (χ4v) is 4.64. The molecule has 8 heteroatoms. The lowest BCUT2D eigenvalue weighted by atomic mass is 9.84. The SMILES string of the molecule is C=CCCC1([C@H](NC(=O)OC(C)(C)C)c2nccnc2Br)C2C=CC(F)=C(F)C21. The van der Waals surface area contributed by atoms with Crippen LogP contribution in [0.2, 0.25) is 0 Å². The number of rotatable bonds is 6. The average Bonchev–Trinajstić information content (AvgIpc) is 3.29. The molecule has 0 aliphatic heterocycles. The molecule has 5 nitrogen and oxygen atoms in total. The summed E-state index contributed by atoms with van der Waals surface area (Å²) in [5.74, 6) is -2.64. The first kappa shape index (κ1) is 21.6. The van der Waals surface area contributed by atoms with E-state index in [-0.39, 0.29) is 5.92 Å². The van der Waals surface area contributed by atoms with E-state index in [1.807, 2.05) is 0 Å². The van der Waals surface area contributed by atoms with Crippen LogP contribution in [0.1, 0.15) is 45.3 Å². The minimum absolute atomic E-state index is 0.282. The number of fused-ring (bicyclic) bond motifs is 1. The number of nitrogens with zero attached hydrogens (tertiary/aromatic N) is 2. The number of ether oxygens (including phenoxy) is 1. The number of amides is 1. The van der Waals surface area contributed by atoms with E-state index in [0.717, 1.165) is 6.08 Å². The highest BCUT2D eigenvalue weighted by Gasteiger charge is 2.70. The number of halogens is 3. The minimum Gasteiger partial charge on any atom is -0.444 e. The van der Waals surface area contributed by atoms with Crippen LogP contribution in [-0.4, -0.2) is 21.7 Å². The number of hydrogen-bond donors (Lipinski definition) is 1. The third-order valence-electron chi connectivity index (χ3n) is 5.33. The highest BCUT2D eigenvalue weighted by Crippen LogP contribution is 2.72. The van der Waals surface area contributed by atoms with E-state index >= 15 is 0 Å². The first-order valence-electron chi connectivity index (χ1n) is 9.42. The molecule has 1 aromatic rings. The first-order chi connectivity index (χ1) is 13.6. The molecule has 1 saturated carbocycles. The van der Waals surface area contributed by atoms with E-state index in [4.69, 9.17) is 4.74 Å². The maximum absolute atomic E-state index is 14.8. The standard InChI is InChI=1S/C21H24BrF2N3O2/c1-5-6-9-21(12-7-8-13(23)15(24)14(12)21)17(16-18(22)26-11-10-25-16)27-19(28)29-20(2,3)4/h5,7-8,10-12,14,17H,1,6,9H2,2-4H3,(H,27,28)/t12?,14?,17-,21?/m1/s1. The fourth-order valence-electron chi connectivity index (χ4n) is 4.19. The van der Waals surface area contributed by atoms with Crippen LogP contribution < -0.4 is 5.32 Å². The van der Waals surface area contributed by atoms with Gasteiger partial charge in [-0.05, 0) is 61.5 Å². The van der Waals surface area contributed by atoms with Gasteiger partial charge in [-0.25, -0.2) is 18.6 Å². The maximum Gasteiger partial charge on any atom is 0.408 e. The highest BCUT2D eigenvalue weighted by molar-refractivity contribution is 9.10. The Kier molecular flexibility index (Phi) is 5.94. The third kappa shape index (κ3) is 4.13. The molecule has 1 amide bonds. The van der Waals surface area contributed by atoms with Crippen molar-refractivity contribution in [2.75, 3.05) is 0 Å². The predicted octanol–water partition coefficient (Wildman–Crippen LogP) is 5.72. The molecular weight excluding hydrogens is 444 g/mol. The Hall–Kier alpha value is -2.09. The molecular formula is C21H24BrF2N3O2. The molecule has 156 valence electrons. The molecule has 0 aromatic carbocycles. The molecule has 0 spiro atoms. The highest BCUT2D eigenvalue weighted by atomic mass is 79.9. The Balaban J connectivity index is 2.06. The second kappa shape index (κ2) is 7.97. The van der Waals surface area contributed by atoms with Crippen molar-refractivity contribution in [3.63, 3.8) is 0 Å². The van der Waals surface area contributed by atoms with Crippen molar-refractivity contribution < 1.29 is 18.3 Å². The summed E-state index contributed by atoms with van der Waals surface area (Å²) in [5.41, 5.74) is -1.08. The summed E-state index contributed by atoms with van der Waals surface area (Å²) >= 11 is 3.38. The van der Waals surface area contributed by atoms with Crippen molar-refractivity contribution >= 4 is 22.0 Å². The van der Waals surface area contributed by atoms with Crippen molar-refractivity contribution in [2.24, 2.45) is 17.3 Å². The van der Waals surface area contributed by atoms with Crippen molar-refractivity contribution in [3.05, 3.63) is 59.2 Å². The lowest BCUT2D eigenvalue weighted by molar-refractivity contribution is 0.0466. The molecule has 1 aromatic heterocycles. The maximum atomic E-state index is 14.8. The van der Waals surface area contributed by atoms with Gasteiger partial charge in [0.1, 0.15) is 16.0 Å². The van der Waals surface area contributed by atoms with Crippen LogP contribution in [0.5, 0.6) is 0 Å². The molecule has 4 atom stereocenters. The lowest BCUT2D eigenvalue weighted by Crippen LogP contribution is -2.40. The summed E-state index contributed by atoms with van der Waals surface area (Å²) in [5, 5.41) is 2.86. The van der Waals surface area contributed by atoms with Crippen LogP contribution in [0.15, 0.2) is 53.5 Å². The molecule has 29 heavy (non-hydrogen) atoms. The Morgan fingerprint density at radius 3 is 2.72 bits per heavy atom. The molecule has 1 heterocycles. The van der Waals surface area contributed by atoms with Crippen LogP contribution in [0, 0.1) is 17.3 Å². The number of carbonyl (C=O) groups is 1. The Morgan fingerprint density at radius 2 is 2.10 bits per heavy atom. The van der Waals surface area contributed by atoms with Gasteiger partial charge in [0.2, 0.25) is 0 Å². The van der Waals surface area contributed by atoms with Gasteiger partial charge in [-0.15, -0.1) is 6.58 Å². The molecule has 2 aliphatic rings. The van der Waals surface area contributed by atoms with Gasteiger partial charge in [0.05, 0.1) is 11.7 Å². The van der Waals surface area contributed by atoms with Crippen LogP contribution >= 0.6 is 15.9 Å². The second-order valence-electron chi connectivity index (χ2n) is 8.31. The number of carbonyl (C=O) groups excluding carboxylic acids is 1. The summed E-state index contributed by atoms with van der Waals surface area (Å²) in [4.78, 5) is 21.2. The number of nitrogens with one attached hydrogen (secondary N) is 1. The number of hydrogen-bond acceptors (Lipinski definition) is 4. The summed E-state index contributed by atoms with van der Waals surface area (Å²) in [6.45, 7) is 9.02. The Bertz CT molecular complexity index is 881. The van der Waals surface area contributed by atoms with Gasteiger partial charge in [0.15, 0.2) is 5.83 Å². The zero-order chi connectivity index (χ0) is 21.4. The molecule has 3 unspecified atom stereocenters. The van der Waals surface area contributed by atoms with Crippen LogP contribution in [0.3, 0.4) is 0 Å². The van der Waals surface area contributed by atoms with Gasteiger partial charge in [-0.1, -0.05) is 12.2 Å². The largest absolute Gasteiger partial charge is 0.444 e. The number of aromatic nitrogens is 2. The van der Waals surface area contributed by atoms with Gasteiger partial charge < -0.3 is 10.1 Å². The quantitative estimate of drug-likeness (QED) is 0.543. The van der Waals surface area contributed by atoms with Crippen molar-refractivity contribution in [3.8, 4) is 0 Å². The van der Waals surface area contributed by atoms with E-state index in [1.54, 1.807) is 32.9 Å². The van der Waals surface area contributed by atoms with Gasteiger partial charge in [-0.3, -0.25) is 4.98 Å². The normalized spacial score (nSPS) is 26.6. The lowest BCUT2D eigenvalue weighted by Gasteiger charge is -2.31. The number of allylic oxidation sites excluding steroid dienone is 5. The summed E-state index contributed by atoms with van der Waals surface area (Å²) in [6.07, 6.45) is 7.96. The predicted molar refractivity (Wildman–Crippen MR) is 109 cm³/mol. The zero-order valence-electron chi connectivity index (χ0n) is 16.6. The summed E-state index contributed by atoms with van der Waals surface area (Å²) < 4.78 is 34.6. The Labute approximate surface area is 177 Å². The van der Waals surface area contributed by atoms with Gasteiger partial charge in [0, 0.05) is 23.7 Å². The van der Waals surface area contributed by atoms with Crippen LogP contribution in [0.25, 0.3) is 0 Å². The van der Waals surface area contributed by atoms with E-state index in [2.05, 4.69) is 37.8 Å². The Morgan fingerprint density at radius 1 is 1.41 bits per heavy atom. The van der Waals surface area contributed by atoms with Crippen LogP contribution in [0.4, 0.5) is 13.6 Å². The molecule has 2 aliphatic carbocycles. The smallest absolute Gasteiger partial charge is 0.408 e. The van der Waals surface area contributed by atoms with E-state index < -0.39 is 40.7 Å². The second-order valence-corrected chi connectivity index (χ2v) is 9.06. The summed E-state index contributed by atoms with van der Waals surface area (Å²) in [6, 6.07) is -0.739. The average molecular weight is 468 g/mol. The van der Waals surface area contributed by atoms with Gasteiger partial charge in [0.25, 0.3) is 0 Å². The molecule has 3 rings (SSSR count). The van der Waals surface area contributed by atoms with Crippen molar-refractivity contribution in [1.29, 1.82) is 0 Å². The monoisotopic (exact) mass is 467 g/mol. The van der Waals surface area contributed by atoms with Crippen LogP contribution in [-0.2, 0) is 4.74 Å². The molecule has 0 radical (unpaired) electrons. The van der Waals surface area contributed by atoms with E-state index in [9.17, 15) is 13.6 Å². The minimum atomic E-state index is -0.874. The molecule has 0 bridgehead atoms. The van der Waals surface area contributed by atoms with E-state index in [1.165, 1.54) is 12.4 Å². The molecule has 1 fully saturated rings. The topological polar surface area (TPSA) is 64.1 Å². The first-order valence-corrected chi connectivity index (χ1v) is 10.2. The zero-order valence-corrected chi connectivity index (χ0v) is 18.2. The molecule has 0 saturated heterocycles. The summed E-state index contributed by atoms with van der Waals surface area (Å²) in [7, 11) is 0. The van der Waals surface area contributed by atoms with Crippen molar-refractivity contribution in [2.45, 2.75) is 45.3 Å². The van der Waals surface area contributed by atoms with E-state index in [0.29, 0.717) is 23.1 Å². The van der Waals surface area contributed by atoms with Crippen molar-refractivity contribution in [1.82, 2.24) is 15.3 Å². The number of alkyl carbamates (subject to hydrolysis) is 1. The fraction of sp³-hybridized carbons (Fsp3) is 0.476. The van der Waals surface area contributed by atoms with Gasteiger partial charge in [-0.2, -0.15) is 0 Å². The van der Waals surface area contributed by atoms with Gasteiger partial charge >= 0.3 is 6.09 Å². The molecule has 1 N–H and O–H groups in total. The third-order valence-corrected chi connectivity index (χ3v) is 5.94.